The Hall–Kier alpha value is -1.06. The number of rotatable bonds is 9. The number of methoxy groups -OCH3 is 1. The summed E-state index contributed by atoms with van der Waals surface area (Å²) < 4.78 is 10.9. The van der Waals surface area contributed by atoms with Crippen molar-refractivity contribution in [3.05, 3.63) is 29.8 Å². The number of para-hydroxylation sites is 1. The van der Waals surface area contributed by atoms with Crippen molar-refractivity contribution >= 4 is 0 Å². The molecule has 1 atom stereocenters. The molecule has 0 amide bonds. The van der Waals surface area contributed by atoms with E-state index < -0.39 is 0 Å². The molecule has 1 aromatic carbocycles. The van der Waals surface area contributed by atoms with Crippen LogP contribution < -0.4 is 10.1 Å². The standard InChI is InChI=1S/C15H25NO2/c1-4-10-16-14(12-18-5-2)11-13-8-6-7-9-15(13)17-3/h6-9,14,16H,4-5,10-12H2,1-3H3. The molecule has 0 spiro atoms. The van der Waals surface area contributed by atoms with Gasteiger partial charge in [-0.05, 0) is 37.9 Å². The molecular formula is C15H25NO2. The largest absolute Gasteiger partial charge is 0.496 e. The molecule has 0 saturated heterocycles. The fraction of sp³-hybridized carbons (Fsp3) is 0.600. The number of ether oxygens (including phenoxy) is 2. The first kappa shape index (κ1) is 15.0. The van der Waals surface area contributed by atoms with Crippen molar-refractivity contribution in [2.45, 2.75) is 32.7 Å². The fourth-order valence-corrected chi connectivity index (χ4v) is 1.94. The molecule has 102 valence electrons. The van der Waals surface area contributed by atoms with Gasteiger partial charge in [0.15, 0.2) is 0 Å². The molecule has 0 aliphatic rings. The minimum absolute atomic E-state index is 0.348. The van der Waals surface area contributed by atoms with Crippen LogP contribution in [0.25, 0.3) is 0 Å². The summed E-state index contributed by atoms with van der Waals surface area (Å²) in [5, 5.41) is 3.52. The summed E-state index contributed by atoms with van der Waals surface area (Å²) >= 11 is 0. The minimum atomic E-state index is 0.348. The summed E-state index contributed by atoms with van der Waals surface area (Å²) in [4.78, 5) is 0. The van der Waals surface area contributed by atoms with Crippen LogP contribution in [0.1, 0.15) is 25.8 Å². The molecule has 18 heavy (non-hydrogen) atoms. The SMILES string of the molecule is CCCNC(COCC)Cc1ccccc1OC. The summed E-state index contributed by atoms with van der Waals surface area (Å²) in [5.74, 6) is 0.956. The van der Waals surface area contributed by atoms with Gasteiger partial charge in [0.25, 0.3) is 0 Å². The molecule has 0 radical (unpaired) electrons. The van der Waals surface area contributed by atoms with E-state index in [1.54, 1.807) is 7.11 Å². The van der Waals surface area contributed by atoms with Crippen molar-refractivity contribution in [2.24, 2.45) is 0 Å². The first-order chi connectivity index (χ1) is 8.81. The van der Waals surface area contributed by atoms with Crippen LogP contribution >= 0.6 is 0 Å². The molecule has 0 heterocycles. The van der Waals surface area contributed by atoms with Gasteiger partial charge in [0.05, 0.1) is 13.7 Å². The second-order valence-corrected chi connectivity index (χ2v) is 4.33. The number of hydrogen-bond acceptors (Lipinski definition) is 3. The van der Waals surface area contributed by atoms with E-state index >= 15 is 0 Å². The molecule has 1 N–H and O–H groups in total. The van der Waals surface area contributed by atoms with Crippen molar-refractivity contribution in [3.63, 3.8) is 0 Å². The van der Waals surface area contributed by atoms with E-state index in [0.29, 0.717) is 6.04 Å². The summed E-state index contributed by atoms with van der Waals surface area (Å²) in [7, 11) is 1.72. The lowest BCUT2D eigenvalue weighted by atomic mass is 10.1. The topological polar surface area (TPSA) is 30.5 Å². The Bertz CT molecular complexity index is 320. The van der Waals surface area contributed by atoms with E-state index in [-0.39, 0.29) is 0 Å². The predicted molar refractivity (Wildman–Crippen MR) is 75.3 cm³/mol. The molecule has 0 fully saturated rings. The number of benzene rings is 1. The maximum Gasteiger partial charge on any atom is 0.122 e. The number of nitrogens with one attached hydrogen (secondary N) is 1. The Morgan fingerprint density at radius 1 is 1.22 bits per heavy atom. The Balaban J connectivity index is 2.62. The van der Waals surface area contributed by atoms with Crippen LogP contribution in [0, 0.1) is 0 Å². The van der Waals surface area contributed by atoms with Gasteiger partial charge in [-0.2, -0.15) is 0 Å². The fourth-order valence-electron chi connectivity index (χ4n) is 1.94. The van der Waals surface area contributed by atoms with Crippen LogP contribution in [0.3, 0.4) is 0 Å². The van der Waals surface area contributed by atoms with Gasteiger partial charge in [0, 0.05) is 12.6 Å². The normalized spacial score (nSPS) is 12.4. The highest BCUT2D eigenvalue weighted by molar-refractivity contribution is 5.33. The van der Waals surface area contributed by atoms with E-state index in [9.17, 15) is 0 Å². The highest BCUT2D eigenvalue weighted by atomic mass is 16.5. The Morgan fingerprint density at radius 3 is 2.67 bits per heavy atom. The van der Waals surface area contributed by atoms with Gasteiger partial charge in [0.1, 0.15) is 5.75 Å². The first-order valence-corrected chi connectivity index (χ1v) is 6.74. The number of hydrogen-bond donors (Lipinski definition) is 1. The predicted octanol–water partition coefficient (Wildman–Crippen LogP) is 2.64. The molecule has 0 aliphatic heterocycles. The molecule has 0 aliphatic carbocycles. The highest BCUT2D eigenvalue weighted by Gasteiger charge is 2.11. The van der Waals surface area contributed by atoms with Crippen molar-refractivity contribution in [1.29, 1.82) is 0 Å². The lowest BCUT2D eigenvalue weighted by molar-refractivity contribution is 0.122. The van der Waals surface area contributed by atoms with Crippen LogP contribution in [0.2, 0.25) is 0 Å². The zero-order valence-electron chi connectivity index (χ0n) is 11.7. The third-order valence-electron chi connectivity index (χ3n) is 2.87. The van der Waals surface area contributed by atoms with Crippen LogP contribution in [0.15, 0.2) is 24.3 Å². The zero-order chi connectivity index (χ0) is 13.2. The lowest BCUT2D eigenvalue weighted by Crippen LogP contribution is -2.36. The average Bonchev–Trinajstić information content (AvgIpc) is 2.42. The molecule has 3 nitrogen and oxygen atoms in total. The maximum absolute atomic E-state index is 5.54. The zero-order valence-corrected chi connectivity index (χ0v) is 11.7. The summed E-state index contributed by atoms with van der Waals surface area (Å²) in [6, 6.07) is 8.52. The average molecular weight is 251 g/mol. The Labute approximate surface area is 110 Å². The molecule has 0 saturated carbocycles. The van der Waals surface area contributed by atoms with Gasteiger partial charge in [-0.3, -0.25) is 0 Å². The second kappa shape index (κ2) is 8.95. The molecule has 1 unspecified atom stereocenters. The smallest absolute Gasteiger partial charge is 0.122 e. The van der Waals surface area contributed by atoms with Crippen LogP contribution in [0.5, 0.6) is 5.75 Å². The Kier molecular flexibility index (Phi) is 7.46. The van der Waals surface area contributed by atoms with E-state index in [2.05, 4.69) is 24.4 Å². The molecule has 0 bridgehead atoms. The minimum Gasteiger partial charge on any atom is -0.496 e. The molecule has 1 aromatic rings. The highest BCUT2D eigenvalue weighted by Crippen LogP contribution is 2.19. The van der Waals surface area contributed by atoms with E-state index in [4.69, 9.17) is 9.47 Å². The van der Waals surface area contributed by atoms with Gasteiger partial charge in [-0.1, -0.05) is 25.1 Å². The van der Waals surface area contributed by atoms with Crippen molar-refractivity contribution in [2.75, 3.05) is 26.9 Å². The summed E-state index contributed by atoms with van der Waals surface area (Å²) in [6.07, 6.45) is 2.07. The summed E-state index contributed by atoms with van der Waals surface area (Å²) in [5.41, 5.74) is 1.23. The molecule has 0 aromatic heterocycles. The van der Waals surface area contributed by atoms with Crippen molar-refractivity contribution in [1.82, 2.24) is 5.32 Å². The first-order valence-electron chi connectivity index (χ1n) is 6.74. The van der Waals surface area contributed by atoms with Gasteiger partial charge >= 0.3 is 0 Å². The third kappa shape index (κ3) is 5.07. The Morgan fingerprint density at radius 2 is 2.00 bits per heavy atom. The van der Waals surface area contributed by atoms with E-state index in [1.165, 1.54) is 5.56 Å². The van der Waals surface area contributed by atoms with Gasteiger partial charge in [-0.25, -0.2) is 0 Å². The quantitative estimate of drug-likeness (QED) is 0.732. The lowest BCUT2D eigenvalue weighted by Gasteiger charge is -2.19. The van der Waals surface area contributed by atoms with Crippen LogP contribution in [-0.4, -0.2) is 32.9 Å². The monoisotopic (exact) mass is 251 g/mol. The van der Waals surface area contributed by atoms with Crippen LogP contribution in [0.4, 0.5) is 0 Å². The summed E-state index contributed by atoms with van der Waals surface area (Å²) in [6.45, 7) is 6.73. The van der Waals surface area contributed by atoms with Crippen LogP contribution in [-0.2, 0) is 11.2 Å². The third-order valence-corrected chi connectivity index (χ3v) is 2.87. The second-order valence-electron chi connectivity index (χ2n) is 4.33. The van der Waals surface area contributed by atoms with Gasteiger partial charge < -0.3 is 14.8 Å². The van der Waals surface area contributed by atoms with Crippen molar-refractivity contribution in [3.8, 4) is 5.75 Å². The van der Waals surface area contributed by atoms with E-state index in [0.717, 1.165) is 38.3 Å². The maximum atomic E-state index is 5.54. The van der Waals surface area contributed by atoms with Gasteiger partial charge in [-0.15, -0.1) is 0 Å². The molecule has 1 rings (SSSR count). The molecular weight excluding hydrogens is 226 g/mol. The molecule has 3 heteroatoms. The van der Waals surface area contributed by atoms with Gasteiger partial charge in [0.2, 0.25) is 0 Å². The van der Waals surface area contributed by atoms with E-state index in [1.807, 2.05) is 19.1 Å². The van der Waals surface area contributed by atoms with Crippen molar-refractivity contribution < 1.29 is 9.47 Å².